The molecule has 4 aromatic rings. The van der Waals surface area contributed by atoms with Crippen LogP contribution in [0.5, 0.6) is 0 Å². The fraction of sp³-hybridized carbons (Fsp3) is 0.421. The van der Waals surface area contributed by atoms with Gasteiger partial charge in [0.1, 0.15) is 4.70 Å². The molecule has 0 unspecified atom stereocenters. The number of thiophene rings is 2. The molecule has 0 aromatic carbocycles. The van der Waals surface area contributed by atoms with E-state index in [1.807, 2.05) is 27.2 Å². The molecule has 1 aliphatic rings. The fourth-order valence-electron chi connectivity index (χ4n) is 3.85. The molecule has 7 nitrogen and oxygen atoms in total. The lowest BCUT2D eigenvalue weighted by Gasteiger charge is -2.34. The molecule has 0 bridgehead atoms. The lowest BCUT2D eigenvalue weighted by atomic mass is 10.2. The van der Waals surface area contributed by atoms with Crippen molar-refractivity contribution in [3.63, 3.8) is 0 Å². The molecule has 0 radical (unpaired) electrons. The van der Waals surface area contributed by atoms with E-state index in [1.54, 1.807) is 11.6 Å². The van der Waals surface area contributed by atoms with Gasteiger partial charge in [0.2, 0.25) is 5.78 Å². The van der Waals surface area contributed by atoms with E-state index >= 15 is 0 Å². The average molecular weight is 415 g/mol. The Bertz CT molecular complexity index is 1150. The van der Waals surface area contributed by atoms with E-state index in [-0.39, 0.29) is 5.56 Å². The highest BCUT2D eigenvalue weighted by molar-refractivity contribution is 7.17. The maximum atomic E-state index is 12.5. The Morgan fingerprint density at radius 2 is 1.86 bits per heavy atom. The standard InChI is InChI=1S/C19H22N6OS2/c1-22-18(26)17-15(5-12-28-17)25-16(20-21-19(22)25)13-24-9-7-23(8-10-24)6-4-14-3-2-11-27-14/h2-3,5,11-12H,4,6-10,13H2,1H3. The maximum absolute atomic E-state index is 12.5. The molecule has 9 heteroatoms. The van der Waals surface area contributed by atoms with Crippen LogP contribution in [-0.2, 0) is 20.0 Å². The summed E-state index contributed by atoms with van der Waals surface area (Å²) >= 11 is 3.32. The molecule has 1 aliphatic heterocycles. The zero-order chi connectivity index (χ0) is 19.1. The van der Waals surface area contributed by atoms with Gasteiger partial charge in [-0.1, -0.05) is 6.07 Å². The molecule has 0 atom stereocenters. The van der Waals surface area contributed by atoms with Crippen LogP contribution in [0.4, 0.5) is 0 Å². The number of rotatable bonds is 5. The molecule has 28 heavy (non-hydrogen) atoms. The van der Waals surface area contributed by atoms with Crippen LogP contribution in [0.3, 0.4) is 0 Å². The van der Waals surface area contributed by atoms with Crippen LogP contribution in [-0.4, -0.2) is 61.7 Å². The number of aromatic nitrogens is 4. The van der Waals surface area contributed by atoms with Crippen molar-refractivity contribution in [3.8, 4) is 0 Å². The van der Waals surface area contributed by atoms with Gasteiger partial charge in [-0.15, -0.1) is 32.9 Å². The predicted molar refractivity (Wildman–Crippen MR) is 113 cm³/mol. The zero-order valence-electron chi connectivity index (χ0n) is 15.7. The van der Waals surface area contributed by atoms with Gasteiger partial charge in [0, 0.05) is 44.6 Å². The van der Waals surface area contributed by atoms with Crippen LogP contribution in [0.1, 0.15) is 10.7 Å². The summed E-state index contributed by atoms with van der Waals surface area (Å²) in [7, 11) is 1.77. The van der Waals surface area contributed by atoms with Crippen molar-refractivity contribution in [2.45, 2.75) is 13.0 Å². The molecule has 0 aliphatic carbocycles. The third-order valence-corrected chi connectivity index (χ3v) is 7.31. The van der Waals surface area contributed by atoms with Crippen molar-refractivity contribution in [3.05, 3.63) is 50.0 Å². The Kier molecular flexibility index (Phi) is 4.75. The minimum absolute atomic E-state index is 0.00388. The molecular weight excluding hydrogens is 392 g/mol. The molecule has 5 rings (SSSR count). The van der Waals surface area contributed by atoms with Crippen LogP contribution in [0.15, 0.2) is 33.8 Å². The van der Waals surface area contributed by atoms with E-state index in [1.165, 1.54) is 16.2 Å². The molecule has 0 spiro atoms. The van der Waals surface area contributed by atoms with Crippen molar-refractivity contribution in [1.82, 2.24) is 29.0 Å². The van der Waals surface area contributed by atoms with E-state index < -0.39 is 0 Å². The molecule has 1 saturated heterocycles. The topological polar surface area (TPSA) is 58.7 Å². The molecule has 1 fully saturated rings. The number of aryl methyl sites for hydroxylation is 1. The summed E-state index contributed by atoms with van der Waals surface area (Å²) in [6, 6.07) is 6.33. The van der Waals surface area contributed by atoms with Crippen LogP contribution in [0.2, 0.25) is 0 Å². The average Bonchev–Trinajstić information content (AvgIpc) is 3.46. The molecular formula is C19H22N6OS2. The van der Waals surface area contributed by atoms with E-state index in [9.17, 15) is 4.79 Å². The predicted octanol–water partition coefficient (Wildman–Crippen LogP) is 2.06. The summed E-state index contributed by atoms with van der Waals surface area (Å²) in [4.78, 5) is 18.9. The number of hydrogen-bond acceptors (Lipinski definition) is 7. The Hall–Kier alpha value is -2.07. The van der Waals surface area contributed by atoms with Crippen molar-refractivity contribution < 1.29 is 0 Å². The summed E-state index contributed by atoms with van der Waals surface area (Å²) in [6.07, 6.45) is 1.14. The maximum Gasteiger partial charge on any atom is 0.272 e. The van der Waals surface area contributed by atoms with Gasteiger partial charge in [0.15, 0.2) is 5.82 Å². The van der Waals surface area contributed by atoms with Gasteiger partial charge in [0.05, 0.1) is 12.1 Å². The number of fused-ring (bicyclic) bond motifs is 3. The lowest BCUT2D eigenvalue weighted by molar-refractivity contribution is 0.126. The van der Waals surface area contributed by atoms with Gasteiger partial charge in [-0.3, -0.25) is 18.7 Å². The smallest absolute Gasteiger partial charge is 0.272 e. The van der Waals surface area contributed by atoms with E-state index in [4.69, 9.17) is 0 Å². The van der Waals surface area contributed by atoms with Gasteiger partial charge in [0.25, 0.3) is 5.56 Å². The summed E-state index contributed by atoms with van der Waals surface area (Å²) < 4.78 is 4.39. The zero-order valence-corrected chi connectivity index (χ0v) is 17.4. The van der Waals surface area contributed by atoms with Crippen LogP contribution >= 0.6 is 22.7 Å². The second-order valence-electron chi connectivity index (χ2n) is 7.20. The highest BCUT2D eigenvalue weighted by Gasteiger charge is 2.21. The summed E-state index contributed by atoms with van der Waals surface area (Å²) in [6.45, 7) is 6.08. The van der Waals surface area contributed by atoms with Gasteiger partial charge in [-0.25, -0.2) is 0 Å². The van der Waals surface area contributed by atoms with Crippen molar-refractivity contribution in [2.75, 3.05) is 32.7 Å². The number of hydrogen-bond donors (Lipinski definition) is 0. The Morgan fingerprint density at radius 3 is 2.64 bits per heavy atom. The monoisotopic (exact) mass is 414 g/mol. The van der Waals surface area contributed by atoms with Crippen molar-refractivity contribution in [1.29, 1.82) is 0 Å². The Morgan fingerprint density at radius 1 is 1.04 bits per heavy atom. The first-order valence-corrected chi connectivity index (χ1v) is 11.2. The van der Waals surface area contributed by atoms with Gasteiger partial charge >= 0.3 is 0 Å². The van der Waals surface area contributed by atoms with Gasteiger partial charge in [-0.2, -0.15) is 0 Å². The second-order valence-corrected chi connectivity index (χ2v) is 9.15. The minimum atomic E-state index is -0.00388. The van der Waals surface area contributed by atoms with E-state index in [2.05, 4.69) is 37.5 Å². The first-order chi connectivity index (χ1) is 13.7. The molecule has 0 amide bonds. The summed E-state index contributed by atoms with van der Waals surface area (Å²) in [5.74, 6) is 1.52. The van der Waals surface area contributed by atoms with Crippen LogP contribution in [0.25, 0.3) is 16.0 Å². The molecule has 0 N–H and O–H groups in total. The molecule has 4 aromatic heterocycles. The van der Waals surface area contributed by atoms with Gasteiger partial charge in [-0.05, 0) is 29.3 Å². The normalized spacial score (nSPS) is 16.5. The first-order valence-electron chi connectivity index (χ1n) is 9.48. The third kappa shape index (κ3) is 3.18. The summed E-state index contributed by atoms with van der Waals surface area (Å²) in [5, 5.41) is 12.8. The third-order valence-electron chi connectivity index (χ3n) is 5.48. The lowest BCUT2D eigenvalue weighted by Crippen LogP contribution is -2.46. The molecule has 0 saturated carbocycles. The Labute approximate surface area is 170 Å². The van der Waals surface area contributed by atoms with Crippen molar-refractivity contribution >= 4 is 38.7 Å². The Balaban J connectivity index is 1.30. The number of nitrogens with zero attached hydrogens (tertiary/aromatic N) is 6. The van der Waals surface area contributed by atoms with Crippen molar-refractivity contribution in [2.24, 2.45) is 7.05 Å². The minimum Gasteiger partial charge on any atom is -0.300 e. The van der Waals surface area contributed by atoms with Gasteiger partial charge < -0.3 is 4.90 Å². The highest BCUT2D eigenvalue weighted by Crippen LogP contribution is 2.20. The van der Waals surface area contributed by atoms with Crippen LogP contribution in [0, 0.1) is 0 Å². The van der Waals surface area contributed by atoms with E-state index in [0.717, 1.165) is 61.7 Å². The highest BCUT2D eigenvalue weighted by atomic mass is 32.1. The SMILES string of the molecule is Cn1c(=O)c2sccc2n2c(CN3CCN(CCc4cccs4)CC3)nnc12. The first kappa shape index (κ1) is 18.0. The fourth-order valence-corrected chi connectivity index (χ4v) is 5.40. The second kappa shape index (κ2) is 7.40. The molecule has 146 valence electrons. The summed E-state index contributed by atoms with van der Waals surface area (Å²) in [5.41, 5.74) is 0.911. The number of piperazine rings is 1. The largest absolute Gasteiger partial charge is 0.300 e. The quantitative estimate of drug-likeness (QED) is 0.500. The molecule has 5 heterocycles. The van der Waals surface area contributed by atoms with E-state index in [0.29, 0.717) is 5.78 Å². The van der Waals surface area contributed by atoms with Crippen LogP contribution < -0.4 is 5.56 Å².